The van der Waals surface area contributed by atoms with E-state index in [-0.39, 0.29) is 42.0 Å². The summed E-state index contributed by atoms with van der Waals surface area (Å²) < 4.78 is 0. The number of aliphatic hydroxyl groups is 3. The molecule has 3 aliphatic rings. The van der Waals surface area contributed by atoms with Gasteiger partial charge >= 0.3 is 0 Å². The molecular weight excluding hydrogens is 568 g/mol. The molecule has 232 valence electrons. The Hall–Kier alpha value is -4.55. The average molecular weight is 605 g/mol. The summed E-state index contributed by atoms with van der Waals surface area (Å²) in [5, 5.41) is 48.6. The Bertz CT molecular complexity index is 1670. The summed E-state index contributed by atoms with van der Waals surface area (Å²) in [6.07, 6.45) is 1.57. The molecule has 0 radical (unpaired) electrons. The quantitative estimate of drug-likeness (QED) is 0.273. The molecule has 0 aliphatic heterocycles. The maximum absolute atomic E-state index is 14.2. The van der Waals surface area contributed by atoms with E-state index >= 15 is 0 Å². The number of carbonyl (C=O) groups excluding carboxylic acids is 4. The average Bonchev–Trinajstić information content (AvgIpc) is 2.93. The van der Waals surface area contributed by atoms with Gasteiger partial charge in [-0.1, -0.05) is 26.8 Å². The van der Waals surface area contributed by atoms with Gasteiger partial charge in [0, 0.05) is 29.8 Å². The van der Waals surface area contributed by atoms with Crippen LogP contribution < -0.4 is 11.1 Å². The minimum Gasteiger partial charge on any atom is -0.510 e. The monoisotopic (exact) mass is 604 g/mol. The summed E-state index contributed by atoms with van der Waals surface area (Å²) in [6, 6.07) is 5.59. The third kappa shape index (κ3) is 4.56. The van der Waals surface area contributed by atoms with Gasteiger partial charge in [0.25, 0.3) is 11.8 Å². The van der Waals surface area contributed by atoms with Crippen LogP contribution >= 0.6 is 0 Å². The van der Waals surface area contributed by atoms with Crippen LogP contribution in [0.15, 0.2) is 53.1 Å². The van der Waals surface area contributed by atoms with Gasteiger partial charge in [0.05, 0.1) is 11.6 Å². The second kappa shape index (κ2) is 10.6. The van der Waals surface area contributed by atoms with Crippen LogP contribution in [0.3, 0.4) is 0 Å². The van der Waals surface area contributed by atoms with Crippen molar-refractivity contribution < 1.29 is 39.6 Å². The van der Waals surface area contributed by atoms with Gasteiger partial charge in [0.1, 0.15) is 28.5 Å². The molecule has 1 aromatic carbocycles. The molecule has 0 spiro atoms. The smallest absolute Gasteiger partial charge is 0.270 e. The number of nitrogens with two attached hydrogens (primary N) is 1. The van der Waals surface area contributed by atoms with Crippen molar-refractivity contribution in [3.05, 3.63) is 81.1 Å². The van der Waals surface area contributed by atoms with Crippen LogP contribution in [0.1, 0.15) is 64.7 Å². The number of hydrogen-bond acceptors (Lipinski definition) is 10. The van der Waals surface area contributed by atoms with Crippen LogP contribution in [0.25, 0.3) is 0 Å². The van der Waals surface area contributed by atoms with Crippen LogP contribution in [0, 0.1) is 11.8 Å². The van der Waals surface area contributed by atoms with Gasteiger partial charge in [-0.2, -0.15) is 0 Å². The number of likely N-dealkylation sites (N-methyl/N-ethyl adjacent to an activating group) is 1. The molecule has 12 nitrogen and oxygen atoms in total. The Morgan fingerprint density at radius 3 is 2.41 bits per heavy atom. The van der Waals surface area contributed by atoms with Gasteiger partial charge in [0.15, 0.2) is 11.4 Å². The molecule has 0 fully saturated rings. The summed E-state index contributed by atoms with van der Waals surface area (Å²) in [5.41, 5.74) is 2.49. The standard InChI is InChI=1S/C32H36N4O8/c1-31(2,3)18-12-15(13-35-30(43)19-8-6-7-9-34-19)16-10-14-11-17-23(36(4)5)26(39)22(29(33)42)28(41)32(17,44)27(40)20(14)25(38)21(16)24(18)37/h6-9,12,14,17,23,37,39-40,44H,10-11,13H2,1-5H3,(H2,33,42)(H,35,43)/t14?,17?,23-,32-/m0/s1. The number of carbonyl (C=O) groups is 4. The van der Waals surface area contributed by atoms with E-state index in [4.69, 9.17) is 5.73 Å². The molecule has 44 heavy (non-hydrogen) atoms. The highest BCUT2D eigenvalue weighted by atomic mass is 16.3. The lowest BCUT2D eigenvalue weighted by atomic mass is 9.58. The number of hydrogen-bond donors (Lipinski definition) is 6. The Morgan fingerprint density at radius 2 is 1.84 bits per heavy atom. The second-order valence-electron chi connectivity index (χ2n) is 12.9. The van der Waals surface area contributed by atoms with Crippen molar-refractivity contribution in [2.75, 3.05) is 14.1 Å². The number of phenolic OH excluding ortho intramolecular Hbond substituents is 1. The first-order chi connectivity index (χ1) is 20.5. The Kier molecular flexibility index (Phi) is 7.42. The van der Waals surface area contributed by atoms with Crippen molar-refractivity contribution in [2.45, 2.75) is 57.2 Å². The van der Waals surface area contributed by atoms with E-state index in [9.17, 15) is 39.6 Å². The molecule has 7 N–H and O–H groups in total. The van der Waals surface area contributed by atoms with Crippen LogP contribution in [-0.4, -0.2) is 79.4 Å². The Balaban J connectivity index is 1.67. The SMILES string of the molecule is CN(C)[C@@H]1C(O)=C(C(N)=O)C(=O)[C@@]2(O)C(O)=C3C(=O)c4c(O)c(C(C)(C)C)cc(CNC(=O)c5ccccn5)c4CC3CC12. The van der Waals surface area contributed by atoms with Crippen LogP contribution in [-0.2, 0) is 28.0 Å². The first-order valence-electron chi connectivity index (χ1n) is 14.2. The summed E-state index contributed by atoms with van der Waals surface area (Å²) in [5.74, 6) is -7.52. The number of phenols is 1. The van der Waals surface area contributed by atoms with Gasteiger partial charge in [-0.25, -0.2) is 0 Å². The van der Waals surface area contributed by atoms with Crippen molar-refractivity contribution in [3.8, 4) is 5.75 Å². The summed E-state index contributed by atoms with van der Waals surface area (Å²) in [4.78, 5) is 58.4. The number of amides is 2. The number of fused-ring (bicyclic) bond motifs is 3. The van der Waals surface area contributed by atoms with Crippen LogP contribution in [0.4, 0.5) is 0 Å². The lowest BCUT2D eigenvalue weighted by Gasteiger charge is -2.50. The highest BCUT2D eigenvalue weighted by Gasteiger charge is 2.63. The van der Waals surface area contributed by atoms with Crippen molar-refractivity contribution in [3.63, 3.8) is 0 Å². The fraction of sp³-hybridized carbons (Fsp3) is 0.406. The minimum absolute atomic E-state index is 0.00377. The highest BCUT2D eigenvalue weighted by molar-refractivity contribution is 6.24. The zero-order valence-electron chi connectivity index (χ0n) is 25.1. The molecule has 1 aromatic heterocycles. The van der Waals surface area contributed by atoms with E-state index < -0.39 is 69.4 Å². The van der Waals surface area contributed by atoms with E-state index in [0.717, 1.165) is 0 Å². The fourth-order valence-corrected chi connectivity index (χ4v) is 6.89. The van der Waals surface area contributed by atoms with E-state index in [1.165, 1.54) is 11.1 Å². The van der Waals surface area contributed by atoms with Crippen molar-refractivity contribution >= 4 is 23.4 Å². The summed E-state index contributed by atoms with van der Waals surface area (Å²) >= 11 is 0. The number of primary amides is 1. The normalized spacial score (nSPS) is 25.0. The number of rotatable bonds is 5. The van der Waals surface area contributed by atoms with E-state index in [2.05, 4.69) is 10.3 Å². The zero-order chi connectivity index (χ0) is 32.5. The Morgan fingerprint density at radius 1 is 1.16 bits per heavy atom. The summed E-state index contributed by atoms with van der Waals surface area (Å²) in [6.45, 7) is 5.54. The largest absolute Gasteiger partial charge is 0.510 e. The number of aromatic nitrogens is 1. The molecule has 0 bridgehead atoms. The number of pyridine rings is 1. The van der Waals surface area contributed by atoms with E-state index in [1.807, 2.05) is 20.8 Å². The molecule has 2 unspecified atom stereocenters. The van der Waals surface area contributed by atoms with E-state index in [1.54, 1.807) is 38.4 Å². The van der Waals surface area contributed by atoms with Gasteiger partial charge in [0.2, 0.25) is 5.78 Å². The second-order valence-corrected chi connectivity index (χ2v) is 12.9. The van der Waals surface area contributed by atoms with Crippen molar-refractivity contribution in [1.29, 1.82) is 0 Å². The fourth-order valence-electron chi connectivity index (χ4n) is 6.89. The maximum atomic E-state index is 14.2. The molecule has 0 saturated heterocycles. The zero-order valence-corrected chi connectivity index (χ0v) is 25.1. The lowest BCUT2D eigenvalue weighted by molar-refractivity contribution is -0.148. The van der Waals surface area contributed by atoms with Gasteiger partial charge < -0.3 is 31.5 Å². The predicted octanol–water partition coefficient (Wildman–Crippen LogP) is 1.74. The predicted molar refractivity (Wildman–Crippen MR) is 158 cm³/mol. The van der Waals surface area contributed by atoms with Gasteiger partial charge in [-0.05, 0) is 67.6 Å². The molecule has 4 atom stereocenters. The Labute approximate surface area is 253 Å². The van der Waals surface area contributed by atoms with Crippen molar-refractivity contribution in [1.82, 2.24) is 15.2 Å². The number of aliphatic hydroxyl groups excluding tert-OH is 2. The molecule has 1 heterocycles. The number of aromatic hydroxyl groups is 1. The third-order valence-corrected chi connectivity index (χ3v) is 8.96. The molecule has 2 aromatic rings. The van der Waals surface area contributed by atoms with Crippen LogP contribution in [0.5, 0.6) is 5.75 Å². The molecular formula is C32H36N4O8. The molecule has 5 rings (SSSR count). The number of benzene rings is 1. The third-order valence-electron chi connectivity index (χ3n) is 8.96. The maximum Gasteiger partial charge on any atom is 0.270 e. The summed E-state index contributed by atoms with van der Waals surface area (Å²) in [7, 11) is 3.14. The van der Waals surface area contributed by atoms with Gasteiger partial charge in [-0.15, -0.1) is 0 Å². The van der Waals surface area contributed by atoms with Crippen LogP contribution in [0.2, 0.25) is 0 Å². The molecule has 3 aliphatic carbocycles. The van der Waals surface area contributed by atoms with E-state index in [0.29, 0.717) is 16.7 Å². The van der Waals surface area contributed by atoms with Crippen molar-refractivity contribution in [2.24, 2.45) is 17.6 Å². The number of allylic oxidation sites excluding steroid dienone is 1. The van der Waals surface area contributed by atoms with Gasteiger partial charge in [-0.3, -0.25) is 29.1 Å². The number of ketones is 2. The minimum atomic E-state index is -2.72. The topological polar surface area (TPSA) is 203 Å². The number of Topliss-reactive ketones (excluding diaryl/α,β-unsaturated/α-hetero) is 2. The first kappa shape index (κ1) is 30.9. The number of nitrogens with one attached hydrogen (secondary N) is 1. The number of nitrogens with zero attached hydrogens (tertiary/aromatic N) is 2. The molecule has 2 amide bonds. The highest BCUT2D eigenvalue weighted by Crippen LogP contribution is 2.53. The first-order valence-corrected chi connectivity index (χ1v) is 14.2. The molecule has 12 heteroatoms. The molecule has 0 saturated carbocycles. The lowest BCUT2D eigenvalue weighted by Crippen LogP contribution is -2.63.